The molecule has 0 aliphatic carbocycles. The minimum Gasteiger partial charge on any atom is -0.466 e. The maximum absolute atomic E-state index is 12.5. The van der Waals surface area contributed by atoms with Crippen LogP contribution in [0.3, 0.4) is 0 Å². The molecule has 0 aromatic rings. The van der Waals surface area contributed by atoms with E-state index in [1.54, 1.807) is 0 Å². The monoisotopic (exact) mass is 948 g/mol. The number of nitrogens with one attached hydrogen (secondary N) is 1. The largest absolute Gasteiger partial charge is 0.466 e. The van der Waals surface area contributed by atoms with Gasteiger partial charge in [-0.15, -0.1) is 0 Å². The van der Waals surface area contributed by atoms with Gasteiger partial charge in [-0.25, -0.2) is 0 Å². The Labute approximate surface area is 419 Å². The molecule has 0 aromatic heterocycles. The molecule has 0 rings (SSSR count). The number of aliphatic hydroxyl groups is 2. The van der Waals surface area contributed by atoms with Gasteiger partial charge < -0.3 is 20.3 Å². The number of hydrogen-bond donors (Lipinski definition) is 3. The Kier molecular flexibility index (Phi) is 56.5. The van der Waals surface area contributed by atoms with Crippen LogP contribution in [0.4, 0.5) is 0 Å². The van der Waals surface area contributed by atoms with E-state index >= 15 is 0 Å². The highest BCUT2D eigenvalue weighted by atomic mass is 16.5. The Bertz CT molecular complexity index is 959. The van der Waals surface area contributed by atoms with E-state index in [0.29, 0.717) is 25.9 Å². The fourth-order valence-electron chi connectivity index (χ4n) is 9.94. The van der Waals surface area contributed by atoms with Crippen molar-refractivity contribution in [2.45, 2.75) is 366 Å². The van der Waals surface area contributed by atoms with Crippen LogP contribution >= 0.6 is 0 Å². The maximum Gasteiger partial charge on any atom is 0.305 e. The lowest BCUT2D eigenvalue weighted by Crippen LogP contribution is -2.45. The maximum atomic E-state index is 12.5. The molecule has 0 radical (unpaired) electrons. The first-order valence-electron chi connectivity index (χ1n) is 30.8. The third kappa shape index (κ3) is 54.0. The van der Waals surface area contributed by atoms with Gasteiger partial charge in [-0.05, 0) is 25.7 Å². The van der Waals surface area contributed by atoms with Gasteiger partial charge >= 0.3 is 5.97 Å². The quantitative estimate of drug-likeness (QED) is 0.0417. The minimum absolute atomic E-state index is 0.0109. The molecular weight excluding hydrogens is 827 g/mol. The SMILES string of the molecule is CCCCCCCCCCCCCCCCCCCCCC(O)C(CO)NC(=O)CCCCCCCCCCCCCCCCCCCCCOC(=O)CCCCCCCCCCCCCC. The molecule has 67 heavy (non-hydrogen) atoms. The zero-order valence-corrected chi connectivity index (χ0v) is 45.7. The van der Waals surface area contributed by atoms with Gasteiger partial charge in [0.2, 0.25) is 5.91 Å². The predicted molar refractivity (Wildman–Crippen MR) is 292 cm³/mol. The van der Waals surface area contributed by atoms with Gasteiger partial charge in [0.25, 0.3) is 0 Å². The van der Waals surface area contributed by atoms with Crippen molar-refractivity contribution < 1.29 is 24.5 Å². The Morgan fingerprint density at radius 3 is 0.910 bits per heavy atom. The molecule has 0 bridgehead atoms. The molecule has 0 heterocycles. The molecule has 400 valence electrons. The summed E-state index contributed by atoms with van der Waals surface area (Å²) in [6.07, 6.45) is 66.7. The molecule has 0 spiro atoms. The second-order valence-corrected chi connectivity index (χ2v) is 21.4. The molecule has 0 saturated heterocycles. The predicted octanol–water partition coefficient (Wildman–Crippen LogP) is 19.1. The molecule has 1 amide bonds. The van der Waals surface area contributed by atoms with E-state index in [4.69, 9.17) is 4.74 Å². The third-order valence-corrected chi connectivity index (χ3v) is 14.7. The molecule has 6 heteroatoms. The number of hydrogen-bond acceptors (Lipinski definition) is 5. The average Bonchev–Trinajstić information content (AvgIpc) is 3.33. The summed E-state index contributed by atoms with van der Waals surface area (Å²) in [5, 5.41) is 23.3. The highest BCUT2D eigenvalue weighted by Crippen LogP contribution is 2.18. The molecule has 6 nitrogen and oxygen atoms in total. The van der Waals surface area contributed by atoms with E-state index in [1.165, 1.54) is 283 Å². The summed E-state index contributed by atoms with van der Waals surface area (Å²) in [6, 6.07) is -0.543. The van der Waals surface area contributed by atoms with Crippen LogP contribution in [0.1, 0.15) is 354 Å². The van der Waals surface area contributed by atoms with Crippen molar-refractivity contribution in [3.05, 3.63) is 0 Å². The first-order chi connectivity index (χ1) is 33.0. The Hall–Kier alpha value is -1.14. The third-order valence-electron chi connectivity index (χ3n) is 14.7. The van der Waals surface area contributed by atoms with Crippen molar-refractivity contribution in [2.75, 3.05) is 13.2 Å². The molecule has 0 fully saturated rings. The van der Waals surface area contributed by atoms with E-state index in [1.807, 2.05) is 0 Å². The van der Waals surface area contributed by atoms with Crippen LogP contribution < -0.4 is 5.32 Å². The second kappa shape index (κ2) is 57.4. The van der Waals surface area contributed by atoms with Crippen molar-refractivity contribution in [2.24, 2.45) is 0 Å². The highest BCUT2D eigenvalue weighted by Gasteiger charge is 2.20. The average molecular weight is 949 g/mol. The van der Waals surface area contributed by atoms with Crippen LogP contribution in [-0.2, 0) is 14.3 Å². The van der Waals surface area contributed by atoms with Gasteiger partial charge in [-0.2, -0.15) is 0 Å². The van der Waals surface area contributed by atoms with E-state index in [0.717, 1.165) is 38.5 Å². The zero-order chi connectivity index (χ0) is 48.6. The Balaban J connectivity index is 3.39. The summed E-state index contributed by atoms with van der Waals surface area (Å²) in [4.78, 5) is 24.5. The number of rotatable bonds is 58. The first-order valence-corrected chi connectivity index (χ1v) is 30.8. The van der Waals surface area contributed by atoms with Gasteiger partial charge in [-0.1, -0.05) is 316 Å². The van der Waals surface area contributed by atoms with E-state index < -0.39 is 12.1 Å². The summed E-state index contributed by atoms with van der Waals surface area (Å²) in [6.45, 7) is 4.98. The van der Waals surface area contributed by atoms with Crippen LogP contribution in [0.5, 0.6) is 0 Å². The van der Waals surface area contributed by atoms with Gasteiger partial charge in [0.1, 0.15) is 0 Å². The second-order valence-electron chi connectivity index (χ2n) is 21.4. The molecule has 3 N–H and O–H groups in total. The Morgan fingerprint density at radius 2 is 0.612 bits per heavy atom. The number of carbonyl (C=O) groups is 2. The number of esters is 1. The summed E-state index contributed by atoms with van der Waals surface area (Å²) in [5.41, 5.74) is 0. The molecule has 0 saturated carbocycles. The number of carbonyl (C=O) groups excluding carboxylic acids is 2. The fraction of sp³-hybridized carbons (Fsp3) is 0.967. The van der Waals surface area contributed by atoms with Crippen LogP contribution in [0.2, 0.25) is 0 Å². The molecule has 2 unspecified atom stereocenters. The van der Waals surface area contributed by atoms with Crippen molar-refractivity contribution in [1.29, 1.82) is 0 Å². The lowest BCUT2D eigenvalue weighted by molar-refractivity contribution is -0.143. The topological polar surface area (TPSA) is 95.9 Å². The van der Waals surface area contributed by atoms with Gasteiger partial charge in [-0.3, -0.25) is 9.59 Å². The molecule has 0 aromatic carbocycles. The van der Waals surface area contributed by atoms with E-state index in [-0.39, 0.29) is 18.5 Å². The van der Waals surface area contributed by atoms with E-state index in [2.05, 4.69) is 19.2 Å². The summed E-state index contributed by atoms with van der Waals surface area (Å²) >= 11 is 0. The van der Waals surface area contributed by atoms with Crippen LogP contribution in [-0.4, -0.2) is 47.4 Å². The van der Waals surface area contributed by atoms with Crippen LogP contribution in [0.25, 0.3) is 0 Å². The number of aliphatic hydroxyl groups excluding tert-OH is 2. The van der Waals surface area contributed by atoms with Crippen molar-refractivity contribution >= 4 is 11.9 Å². The lowest BCUT2D eigenvalue weighted by Gasteiger charge is -2.22. The summed E-state index contributed by atoms with van der Waals surface area (Å²) in [5.74, 6) is -0.0227. The molecule has 0 aliphatic heterocycles. The standard InChI is InChI=1S/C61H121NO5/c1-3-5-7-9-11-13-15-17-18-19-21-24-27-30-33-37-41-45-49-53-59(64)58(57-63)62-60(65)54-50-46-42-38-34-31-28-25-22-20-23-26-29-32-36-40-44-48-52-56-67-61(66)55-51-47-43-39-35-16-14-12-10-8-6-4-2/h58-59,63-64H,3-57H2,1-2H3,(H,62,65). The van der Waals surface area contributed by atoms with Crippen LogP contribution in [0.15, 0.2) is 0 Å². The summed E-state index contributed by atoms with van der Waals surface area (Å²) in [7, 11) is 0. The smallest absolute Gasteiger partial charge is 0.305 e. The van der Waals surface area contributed by atoms with Crippen molar-refractivity contribution in [3.63, 3.8) is 0 Å². The van der Waals surface area contributed by atoms with E-state index in [9.17, 15) is 19.8 Å². The molecule has 2 atom stereocenters. The van der Waals surface area contributed by atoms with Gasteiger partial charge in [0.15, 0.2) is 0 Å². The van der Waals surface area contributed by atoms with Crippen molar-refractivity contribution in [1.82, 2.24) is 5.32 Å². The Morgan fingerprint density at radius 1 is 0.358 bits per heavy atom. The minimum atomic E-state index is -0.665. The molecule has 0 aliphatic rings. The first kappa shape index (κ1) is 65.9. The van der Waals surface area contributed by atoms with Crippen LogP contribution in [0, 0.1) is 0 Å². The lowest BCUT2D eigenvalue weighted by atomic mass is 10.0. The van der Waals surface area contributed by atoms with Crippen molar-refractivity contribution in [3.8, 4) is 0 Å². The van der Waals surface area contributed by atoms with Gasteiger partial charge in [0, 0.05) is 12.8 Å². The highest BCUT2D eigenvalue weighted by molar-refractivity contribution is 5.76. The number of amides is 1. The van der Waals surface area contributed by atoms with Gasteiger partial charge in [0.05, 0.1) is 25.4 Å². The molecular formula is C61H121NO5. The fourth-order valence-corrected chi connectivity index (χ4v) is 9.94. The number of unbranched alkanes of at least 4 members (excludes halogenated alkanes) is 47. The normalized spacial score (nSPS) is 12.5. The zero-order valence-electron chi connectivity index (χ0n) is 45.7. The number of ether oxygens (including phenoxy) is 1. The summed E-state index contributed by atoms with van der Waals surface area (Å²) < 4.78 is 5.47.